The van der Waals surface area contributed by atoms with Crippen LogP contribution in [0.1, 0.15) is 46.8 Å². The third-order valence-corrected chi connectivity index (χ3v) is 6.68. The Morgan fingerprint density at radius 1 is 1.31 bits per heavy atom. The van der Waals surface area contributed by atoms with Gasteiger partial charge < -0.3 is 10.1 Å². The molecule has 154 valence electrons. The molecule has 0 radical (unpaired) electrons. The summed E-state index contributed by atoms with van der Waals surface area (Å²) in [5.41, 5.74) is -0.521. The molecule has 1 heterocycles. The predicted molar refractivity (Wildman–Crippen MR) is 100 cm³/mol. The number of ether oxygens (including phenoxy) is 1. The number of ketones is 1. The lowest BCUT2D eigenvalue weighted by Crippen LogP contribution is -2.75. The quantitative estimate of drug-likeness (QED) is 0.606. The molecule has 1 aromatic heterocycles. The fourth-order valence-electron chi connectivity index (χ4n) is 4.31. The average molecular weight is 445 g/mol. The van der Waals surface area contributed by atoms with Crippen LogP contribution in [0.15, 0.2) is 24.4 Å². The van der Waals surface area contributed by atoms with E-state index in [-0.39, 0.29) is 56.3 Å². The number of thiazole rings is 1. The standard InChI is InChI=1S/C19H16ClF3N2O3S/c20-11-2-1-10(3-12(11)21)28-6-15(27)25-19-7-18(8-19,9-19)4-13(26)14-5-24-17(29-14)16(22)23/h1-3,5,16H,4,6-9H2,(H,25,27). The summed E-state index contributed by atoms with van der Waals surface area (Å²) < 4.78 is 43.9. The van der Waals surface area contributed by atoms with E-state index in [9.17, 15) is 22.8 Å². The van der Waals surface area contributed by atoms with E-state index in [1.807, 2.05) is 0 Å². The summed E-state index contributed by atoms with van der Waals surface area (Å²) in [5.74, 6) is -0.946. The zero-order valence-corrected chi connectivity index (χ0v) is 16.6. The molecule has 5 rings (SSSR count). The SMILES string of the molecule is O=C(COc1ccc(Cl)c(F)c1)NC12CC(CC(=O)c3cnc(C(F)F)s3)(C1)C2. The summed E-state index contributed by atoms with van der Waals surface area (Å²) in [6, 6.07) is 3.93. The molecule has 3 fully saturated rings. The number of hydrogen-bond donors (Lipinski definition) is 1. The van der Waals surface area contributed by atoms with E-state index in [2.05, 4.69) is 10.3 Å². The maximum atomic E-state index is 13.4. The Balaban J connectivity index is 1.23. The topological polar surface area (TPSA) is 68.3 Å². The van der Waals surface area contributed by atoms with Gasteiger partial charge in [0.05, 0.1) is 9.90 Å². The molecule has 29 heavy (non-hydrogen) atoms. The summed E-state index contributed by atoms with van der Waals surface area (Å²) in [6.07, 6.45) is 0.764. The van der Waals surface area contributed by atoms with Crippen molar-refractivity contribution in [3.05, 3.63) is 45.1 Å². The molecule has 0 atom stereocenters. The van der Waals surface area contributed by atoms with Crippen molar-refractivity contribution in [3.8, 4) is 5.75 Å². The fourth-order valence-corrected chi connectivity index (χ4v) is 5.14. The molecule has 1 N–H and O–H groups in total. The van der Waals surface area contributed by atoms with Gasteiger partial charge in [0.1, 0.15) is 11.6 Å². The first-order chi connectivity index (χ1) is 13.7. The maximum Gasteiger partial charge on any atom is 0.289 e. The van der Waals surface area contributed by atoms with Crippen molar-refractivity contribution < 1.29 is 27.5 Å². The Bertz CT molecular complexity index is 962. The lowest BCUT2D eigenvalue weighted by Gasteiger charge is -2.70. The number of halogens is 4. The van der Waals surface area contributed by atoms with Crippen LogP contribution in [-0.2, 0) is 4.79 Å². The Hall–Kier alpha value is -2.13. The third kappa shape index (κ3) is 3.98. The van der Waals surface area contributed by atoms with Crippen molar-refractivity contribution in [2.45, 2.75) is 37.6 Å². The molecular weight excluding hydrogens is 429 g/mol. The van der Waals surface area contributed by atoms with Crippen molar-refractivity contribution in [2.75, 3.05) is 6.61 Å². The van der Waals surface area contributed by atoms with Crippen molar-refractivity contribution in [1.82, 2.24) is 10.3 Å². The lowest BCUT2D eigenvalue weighted by atomic mass is 9.38. The van der Waals surface area contributed by atoms with E-state index in [0.29, 0.717) is 19.3 Å². The van der Waals surface area contributed by atoms with Gasteiger partial charge >= 0.3 is 0 Å². The van der Waals surface area contributed by atoms with Crippen LogP contribution in [0.5, 0.6) is 5.75 Å². The van der Waals surface area contributed by atoms with Gasteiger partial charge in [0.2, 0.25) is 0 Å². The zero-order chi connectivity index (χ0) is 20.8. The van der Waals surface area contributed by atoms with Crippen LogP contribution in [0.3, 0.4) is 0 Å². The molecule has 3 saturated carbocycles. The predicted octanol–water partition coefficient (Wildman–Crippen LogP) is 4.56. The molecule has 1 amide bonds. The van der Waals surface area contributed by atoms with E-state index < -0.39 is 12.2 Å². The minimum Gasteiger partial charge on any atom is -0.484 e. The Labute approximate surface area is 173 Å². The number of hydrogen-bond acceptors (Lipinski definition) is 5. The highest BCUT2D eigenvalue weighted by atomic mass is 35.5. The molecule has 0 aliphatic heterocycles. The summed E-state index contributed by atoms with van der Waals surface area (Å²) in [4.78, 5) is 28.3. The van der Waals surface area contributed by atoms with Crippen LogP contribution in [0.2, 0.25) is 5.02 Å². The van der Waals surface area contributed by atoms with Crippen molar-refractivity contribution in [2.24, 2.45) is 5.41 Å². The Morgan fingerprint density at radius 2 is 2.03 bits per heavy atom. The van der Waals surface area contributed by atoms with Crippen LogP contribution in [-0.4, -0.2) is 28.8 Å². The number of nitrogens with one attached hydrogen (secondary N) is 1. The second-order valence-corrected chi connectivity index (χ2v) is 9.16. The number of carbonyl (C=O) groups excluding carboxylic acids is 2. The molecule has 3 aliphatic carbocycles. The number of rotatable bonds is 8. The number of alkyl halides is 2. The molecule has 2 aromatic rings. The van der Waals surface area contributed by atoms with E-state index in [1.165, 1.54) is 18.3 Å². The second kappa shape index (κ2) is 7.28. The fraction of sp³-hybridized carbons (Fsp3) is 0.421. The van der Waals surface area contributed by atoms with Gasteiger partial charge in [-0.05, 0) is 36.8 Å². The van der Waals surface area contributed by atoms with Crippen LogP contribution in [0.25, 0.3) is 0 Å². The van der Waals surface area contributed by atoms with Gasteiger partial charge in [0, 0.05) is 24.2 Å². The van der Waals surface area contributed by atoms with Gasteiger partial charge in [-0.1, -0.05) is 11.6 Å². The molecule has 3 aliphatic rings. The molecule has 1 aromatic carbocycles. The Morgan fingerprint density at radius 3 is 2.66 bits per heavy atom. The zero-order valence-electron chi connectivity index (χ0n) is 15.0. The van der Waals surface area contributed by atoms with Crippen LogP contribution < -0.4 is 10.1 Å². The van der Waals surface area contributed by atoms with E-state index in [1.54, 1.807) is 0 Å². The van der Waals surface area contributed by atoms with Crippen LogP contribution in [0, 0.1) is 11.2 Å². The highest BCUT2D eigenvalue weighted by Crippen LogP contribution is 2.69. The molecule has 0 unspecified atom stereocenters. The maximum absolute atomic E-state index is 13.4. The largest absolute Gasteiger partial charge is 0.484 e. The normalized spacial score (nSPS) is 24.6. The minimum atomic E-state index is -2.68. The number of aromatic nitrogens is 1. The molecular formula is C19H16ClF3N2O3S. The van der Waals surface area contributed by atoms with Gasteiger partial charge in [-0.2, -0.15) is 0 Å². The van der Waals surface area contributed by atoms with E-state index in [4.69, 9.17) is 16.3 Å². The van der Waals surface area contributed by atoms with E-state index >= 15 is 0 Å². The average Bonchev–Trinajstić information content (AvgIpc) is 3.10. The Kier molecular flexibility index (Phi) is 5.06. The number of carbonyl (C=O) groups is 2. The van der Waals surface area contributed by atoms with Gasteiger partial charge in [-0.15, -0.1) is 11.3 Å². The molecule has 0 saturated heterocycles. The lowest BCUT2D eigenvalue weighted by molar-refractivity contribution is -0.164. The van der Waals surface area contributed by atoms with Crippen molar-refractivity contribution in [1.29, 1.82) is 0 Å². The molecule has 10 heteroatoms. The first-order valence-corrected chi connectivity index (χ1v) is 10.0. The first-order valence-electron chi connectivity index (χ1n) is 8.85. The smallest absolute Gasteiger partial charge is 0.289 e. The molecule has 2 bridgehead atoms. The monoisotopic (exact) mass is 444 g/mol. The number of benzene rings is 1. The second-order valence-electron chi connectivity index (χ2n) is 7.69. The number of nitrogens with zero attached hydrogens (tertiary/aromatic N) is 1. The molecule has 0 spiro atoms. The van der Waals surface area contributed by atoms with Crippen LogP contribution >= 0.6 is 22.9 Å². The van der Waals surface area contributed by atoms with Gasteiger partial charge in [-0.3, -0.25) is 9.59 Å². The van der Waals surface area contributed by atoms with Crippen molar-refractivity contribution in [3.63, 3.8) is 0 Å². The van der Waals surface area contributed by atoms with Gasteiger partial charge in [-0.25, -0.2) is 18.2 Å². The summed E-state index contributed by atoms with van der Waals surface area (Å²) >= 11 is 6.32. The number of Topliss-reactive ketones (excluding diaryl/α,β-unsaturated/α-hetero) is 1. The summed E-state index contributed by atoms with van der Waals surface area (Å²) in [6.45, 7) is -0.258. The molecule has 5 nitrogen and oxygen atoms in total. The number of amides is 1. The minimum absolute atomic E-state index is 0.0285. The van der Waals surface area contributed by atoms with Crippen LogP contribution in [0.4, 0.5) is 13.2 Å². The summed E-state index contributed by atoms with van der Waals surface area (Å²) in [7, 11) is 0. The highest BCUT2D eigenvalue weighted by Gasteiger charge is 2.68. The van der Waals surface area contributed by atoms with Gasteiger partial charge in [0.15, 0.2) is 17.4 Å². The third-order valence-electron chi connectivity index (χ3n) is 5.33. The van der Waals surface area contributed by atoms with Crippen molar-refractivity contribution >= 4 is 34.6 Å². The summed E-state index contributed by atoms with van der Waals surface area (Å²) in [5, 5.41) is 2.53. The first kappa shape index (κ1) is 20.2. The highest BCUT2D eigenvalue weighted by molar-refractivity contribution is 7.13. The van der Waals surface area contributed by atoms with Gasteiger partial charge in [0.25, 0.3) is 12.3 Å². The van der Waals surface area contributed by atoms with E-state index in [0.717, 1.165) is 17.4 Å².